The van der Waals surface area contributed by atoms with E-state index in [-0.39, 0.29) is 0 Å². The van der Waals surface area contributed by atoms with Gasteiger partial charge in [0.1, 0.15) is 6.33 Å². The van der Waals surface area contributed by atoms with Crippen molar-refractivity contribution in [3.8, 4) is 0 Å². The third kappa shape index (κ3) is 3.93. The maximum Gasteiger partial charge on any atom is 0.153 e. The van der Waals surface area contributed by atoms with Gasteiger partial charge in [-0.15, -0.1) is 5.10 Å². The molecule has 0 N–H and O–H groups in total. The fraction of sp³-hybridized carbons (Fsp3) is 0.750. The molecule has 0 radical (unpaired) electrons. The minimum absolute atomic E-state index is 0.342. The molecule has 0 saturated carbocycles. The molecule has 0 fully saturated rings. The monoisotopic (exact) mass is 304 g/mol. The first kappa shape index (κ1) is 16.6. The molecule has 6 nitrogen and oxygen atoms in total. The number of nitrogens with zero attached hydrogens (tertiary/aromatic N) is 6. The molecular weight excluding hydrogens is 276 g/mol. The molecule has 0 aliphatic heterocycles. The SMILES string of the molecule is CC(C)c1cn(C(C)CCC(C)c2ncn(C(C)C)n2)nn1. The Hall–Kier alpha value is -1.72. The van der Waals surface area contributed by atoms with E-state index in [0.29, 0.717) is 23.9 Å². The molecule has 0 aromatic carbocycles. The van der Waals surface area contributed by atoms with Gasteiger partial charge < -0.3 is 0 Å². The Kier molecular flexibility index (Phi) is 5.32. The zero-order valence-corrected chi connectivity index (χ0v) is 14.6. The van der Waals surface area contributed by atoms with Crippen LogP contribution in [-0.4, -0.2) is 29.8 Å². The molecule has 2 unspecified atom stereocenters. The lowest BCUT2D eigenvalue weighted by Gasteiger charge is -2.13. The van der Waals surface area contributed by atoms with Crippen molar-refractivity contribution in [2.45, 2.75) is 78.3 Å². The summed E-state index contributed by atoms with van der Waals surface area (Å²) >= 11 is 0. The fourth-order valence-corrected chi connectivity index (χ4v) is 2.29. The summed E-state index contributed by atoms with van der Waals surface area (Å²) in [4.78, 5) is 4.43. The predicted octanol–water partition coefficient (Wildman–Crippen LogP) is 3.72. The number of rotatable bonds is 7. The van der Waals surface area contributed by atoms with E-state index in [2.05, 4.69) is 68.1 Å². The number of hydrogen-bond acceptors (Lipinski definition) is 4. The van der Waals surface area contributed by atoms with Crippen LogP contribution in [0.15, 0.2) is 12.5 Å². The Labute approximate surface area is 132 Å². The van der Waals surface area contributed by atoms with Crippen LogP contribution in [0.3, 0.4) is 0 Å². The maximum absolute atomic E-state index is 4.56. The topological polar surface area (TPSA) is 61.4 Å². The summed E-state index contributed by atoms with van der Waals surface area (Å²) in [5, 5.41) is 13.0. The molecule has 122 valence electrons. The third-order valence-corrected chi connectivity index (χ3v) is 4.08. The highest BCUT2D eigenvalue weighted by molar-refractivity contribution is 4.99. The van der Waals surface area contributed by atoms with E-state index in [1.807, 2.05) is 15.7 Å². The third-order valence-electron chi connectivity index (χ3n) is 4.08. The van der Waals surface area contributed by atoms with Crippen LogP contribution in [0.5, 0.6) is 0 Å². The highest BCUT2D eigenvalue weighted by atomic mass is 15.4. The van der Waals surface area contributed by atoms with Crippen molar-refractivity contribution in [3.05, 3.63) is 24.0 Å². The van der Waals surface area contributed by atoms with Crippen LogP contribution in [0.2, 0.25) is 0 Å². The van der Waals surface area contributed by atoms with Gasteiger partial charge in [0, 0.05) is 18.2 Å². The summed E-state index contributed by atoms with van der Waals surface area (Å²) < 4.78 is 3.89. The van der Waals surface area contributed by atoms with Crippen molar-refractivity contribution in [1.82, 2.24) is 29.8 Å². The van der Waals surface area contributed by atoms with Crippen molar-refractivity contribution in [2.24, 2.45) is 0 Å². The quantitative estimate of drug-likeness (QED) is 0.782. The van der Waals surface area contributed by atoms with Gasteiger partial charge in [-0.1, -0.05) is 26.0 Å². The Morgan fingerprint density at radius 1 is 1.00 bits per heavy atom. The molecule has 2 heterocycles. The maximum atomic E-state index is 4.56. The molecule has 2 aromatic rings. The van der Waals surface area contributed by atoms with Crippen molar-refractivity contribution < 1.29 is 0 Å². The molecule has 2 aromatic heterocycles. The number of hydrogen-bond donors (Lipinski definition) is 0. The molecule has 0 amide bonds. The number of aromatic nitrogens is 6. The lowest BCUT2D eigenvalue weighted by atomic mass is 10.0. The largest absolute Gasteiger partial charge is 0.250 e. The van der Waals surface area contributed by atoms with Crippen LogP contribution in [0.4, 0.5) is 0 Å². The molecule has 0 spiro atoms. The zero-order valence-electron chi connectivity index (χ0n) is 14.6. The van der Waals surface area contributed by atoms with E-state index in [1.165, 1.54) is 0 Å². The predicted molar refractivity (Wildman–Crippen MR) is 86.9 cm³/mol. The van der Waals surface area contributed by atoms with E-state index in [9.17, 15) is 0 Å². The molecule has 0 aliphatic carbocycles. The molecular formula is C16H28N6. The van der Waals surface area contributed by atoms with E-state index in [0.717, 1.165) is 24.4 Å². The van der Waals surface area contributed by atoms with Crippen molar-refractivity contribution >= 4 is 0 Å². The van der Waals surface area contributed by atoms with Crippen LogP contribution in [-0.2, 0) is 0 Å². The van der Waals surface area contributed by atoms with Crippen LogP contribution >= 0.6 is 0 Å². The average Bonchev–Trinajstić information content (AvgIpc) is 3.12. The van der Waals surface area contributed by atoms with Crippen molar-refractivity contribution in [2.75, 3.05) is 0 Å². The Morgan fingerprint density at radius 2 is 1.73 bits per heavy atom. The Balaban J connectivity index is 1.90. The summed E-state index contributed by atoms with van der Waals surface area (Å²) in [6.45, 7) is 12.9. The van der Waals surface area contributed by atoms with Gasteiger partial charge in [0.15, 0.2) is 5.82 Å². The van der Waals surface area contributed by atoms with E-state index in [1.54, 1.807) is 0 Å². The van der Waals surface area contributed by atoms with Gasteiger partial charge in [-0.2, -0.15) is 5.10 Å². The minimum atomic E-state index is 0.342. The van der Waals surface area contributed by atoms with Crippen LogP contribution in [0.25, 0.3) is 0 Å². The minimum Gasteiger partial charge on any atom is -0.250 e. The molecule has 0 bridgehead atoms. The average molecular weight is 304 g/mol. The lowest BCUT2D eigenvalue weighted by Crippen LogP contribution is -2.08. The van der Waals surface area contributed by atoms with Gasteiger partial charge in [-0.05, 0) is 39.5 Å². The molecule has 2 atom stereocenters. The Morgan fingerprint density at radius 3 is 2.27 bits per heavy atom. The molecule has 6 heteroatoms. The van der Waals surface area contributed by atoms with Gasteiger partial charge in [0.2, 0.25) is 0 Å². The first-order chi connectivity index (χ1) is 10.4. The van der Waals surface area contributed by atoms with Crippen molar-refractivity contribution in [3.63, 3.8) is 0 Å². The summed E-state index contributed by atoms with van der Waals surface area (Å²) in [6.07, 6.45) is 5.97. The van der Waals surface area contributed by atoms with E-state index >= 15 is 0 Å². The van der Waals surface area contributed by atoms with E-state index < -0.39 is 0 Å². The summed E-state index contributed by atoms with van der Waals surface area (Å²) in [5.74, 6) is 1.71. The van der Waals surface area contributed by atoms with Gasteiger partial charge >= 0.3 is 0 Å². The molecule has 2 rings (SSSR count). The van der Waals surface area contributed by atoms with E-state index in [4.69, 9.17) is 0 Å². The second-order valence-corrected chi connectivity index (χ2v) is 6.78. The summed E-state index contributed by atoms with van der Waals surface area (Å²) in [5.41, 5.74) is 1.05. The van der Waals surface area contributed by atoms with Crippen LogP contribution < -0.4 is 0 Å². The lowest BCUT2D eigenvalue weighted by molar-refractivity contribution is 0.415. The Bertz CT molecular complexity index is 531. The van der Waals surface area contributed by atoms with Crippen molar-refractivity contribution in [1.29, 1.82) is 0 Å². The van der Waals surface area contributed by atoms with Gasteiger partial charge in [0.25, 0.3) is 0 Å². The second-order valence-electron chi connectivity index (χ2n) is 6.78. The molecule has 22 heavy (non-hydrogen) atoms. The van der Waals surface area contributed by atoms with Crippen LogP contribution in [0, 0.1) is 0 Å². The standard InChI is InChI=1S/C16H28N6/c1-11(2)15-9-21(20-18-15)14(6)8-7-13(5)16-17-10-22(19-16)12(3)4/h9-14H,7-8H2,1-6H3. The first-order valence-corrected chi connectivity index (χ1v) is 8.21. The normalized spacial score (nSPS) is 14.7. The first-order valence-electron chi connectivity index (χ1n) is 8.21. The molecule has 0 aliphatic rings. The smallest absolute Gasteiger partial charge is 0.153 e. The highest BCUT2D eigenvalue weighted by Crippen LogP contribution is 2.23. The van der Waals surface area contributed by atoms with Gasteiger partial charge in [-0.25, -0.2) is 9.67 Å². The van der Waals surface area contributed by atoms with Gasteiger partial charge in [-0.3, -0.25) is 4.68 Å². The molecule has 0 saturated heterocycles. The summed E-state index contributed by atoms with van der Waals surface area (Å²) in [7, 11) is 0. The van der Waals surface area contributed by atoms with Crippen LogP contribution in [0.1, 0.15) is 89.8 Å². The highest BCUT2D eigenvalue weighted by Gasteiger charge is 2.15. The van der Waals surface area contributed by atoms with Gasteiger partial charge in [0.05, 0.1) is 11.7 Å². The second kappa shape index (κ2) is 7.03. The fourth-order valence-electron chi connectivity index (χ4n) is 2.29. The summed E-state index contributed by atoms with van der Waals surface area (Å²) in [6, 6.07) is 0.701. The zero-order chi connectivity index (χ0) is 16.3.